The van der Waals surface area contributed by atoms with Crippen LogP contribution in [0.5, 0.6) is 5.75 Å². The van der Waals surface area contributed by atoms with Crippen LogP contribution < -0.4 is 20.6 Å². The highest BCUT2D eigenvalue weighted by Gasteiger charge is 2.34. The number of ether oxygens (including phenoxy) is 1. The molecule has 3 aliphatic rings. The number of amidine groups is 1. The lowest BCUT2D eigenvalue weighted by Gasteiger charge is -2.34. The summed E-state index contributed by atoms with van der Waals surface area (Å²) < 4.78 is 6.11. The van der Waals surface area contributed by atoms with Crippen LogP contribution in [0, 0.1) is 0 Å². The molecule has 0 radical (unpaired) electrons. The Labute approximate surface area is 186 Å². The fraction of sp³-hybridized carbons (Fsp3) is 0.375. The third-order valence-corrected chi connectivity index (χ3v) is 6.81. The van der Waals surface area contributed by atoms with Crippen molar-refractivity contribution in [3.05, 3.63) is 64.7 Å². The second kappa shape index (κ2) is 8.75. The maximum atomic E-state index is 13.0. The van der Waals surface area contributed by atoms with Crippen LogP contribution in [0.2, 0.25) is 0 Å². The first-order valence-corrected chi connectivity index (χ1v) is 12.0. The number of para-hydroxylation sites is 1. The van der Waals surface area contributed by atoms with Gasteiger partial charge in [-0.2, -0.15) is 0 Å². The standard InChI is InChI=1S/C24H26N4O2S/c1-2-15-31-24-26-23(29)21-19-9-5-6-10-20(19)25-22(28(21)27-24)16-11-13-18(14-12-16)30-17-7-3-4-8-17/h5-6,9-14,17,22H,2-4,7-8,15H2,1H3,(H,26,27,29). The van der Waals surface area contributed by atoms with Crippen LogP contribution in [-0.4, -0.2) is 27.9 Å². The van der Waals surface area contributed by atoms with Gasteiger partial charge in [-0.3, -0.25) is 15.1 Å². The number of hydrogen-bond acceptors (Lipinski definition) is 6. The van der Waals surface area contributed by atoms with E-state index in [0.717, 1.165) is 46.9 Å². The number of amides is 1. The van der Waals surface area contributed by atoms with E-state index in [1.807, 2.05) is 48.5 Å². The average Bonchev–Trinajstić information content (AvgIpc) is 3.30. The third kappa shape index (κ3) is 4.06. The molecule has 1 unspecified atom stereocenters. The maximum Gasteiger partial charge on any atom is 0.276 e. The van der Waals surface area contributed by atoms with Gasteiger partial charge in [-0.1, -0.05) is 49.0 Å². The second-order valence-corrected chi connectivity index (χ2v) is 9.10. The minimum absolute atomic E-state index is 0.137. The van der Waals surface area contributed by atoms with E-state index in [0.29, 0.717) is 17.0 Å². The molecule has 1 amide bonds. The van der Waals surface area contributed by atoms with Crippen molar-refractivity contribution < 1.29 is 9.53 Å². The highest BCUT2D eigenvalue weighted by molar-refractivity contribution is 8.13. The highest BCUT2D eigenvalue weighted by atomic mass is 32.2. The van der Waals surface area contributed by atoms with Gasteiger partial charge in [0.25, 0.3) is 5.91 Å². The SMILES string of the molecule is CCCSC1=NN2C(=c3ccccc3=NC2c2ccc(OC3CCCC3)cc2)C(=O)N1. The van der Waals surface area contributed by atoms with Crippen molar-refractivity contribution in [2.75, 3.05) is 5.75 Å². The molecule has 1 saturated carbocycles. The fourth-order valence-corrected chi connectivity index (χ4v) is 4.93. The van der Waals surface area contributed by atoms with Gasteiger partial charge < -0.3 is 4.74 Å². The lowest BCUT2D eigenvalue weighted by Crippen LogP contribution is -2.50. The number of hydrogen-bond donors (Lipinski definition) is 1. The minimum atomic E-state index is -0.395. The number of nitrogens with one attached hydrogen (secondary N) is 1. The number of carbonyl (C=O) groups excluding carboxylic acids is 1. The van der Waals surface area contributed by atoms with Crippen LogP contribution in [0.25, 0.3) is 5.70 Å². The number of carbonyl (C=O) groups is 1. The lowest BCUT2D eigenvalue weighted by atomic mass is 10.1. The van der Waals surface area contributed by atoms with Crippen LogP contribution in [0.4, 0.5) is 0 Å². The normalized spacial score (nSPS) is 20.5. The van der Waals surface area contributed by atoms with E-state index in [2.05, 4.69) is 12.2 Å². The van der Waals surface area contributed by atoms with E-state index >= 15 is 0 Å². The summed E-state index contributed by atoms with van der Waals surface area (Å²) >= 11 is 1.56. The fourth-order valence-electron chi connectivity index (χ4n) is 4.23. The van der Waals surface area contributed by atoms with Crippen molar-refractivity contribution in [1.82, 2.24) is 10.3 Å². The predicted molar refractivity (Wildman–Crippen MR) is 123 cm³/mol. The molecule has 0 saturated heterocycles. The maximum absolute atomic E-state index is 13.0. The van der Waals surface area contributed by atoms with Crippen molar-refractivity contribution >= 4 is 28.5 Å². The number of thioether (sulfide) groups is 1. The molecule has 1 atom stereocenters. The van der Waals surface area contributed by atoms with Gasteiger partial charge in [0, 0.05) is 11.0 Å². The molecule has 5 rings (SSSR count). The van der Waals surface area contributed by atoms with Gasteiger partial charge in [-0.05, 0) is 55.9 Å². The highest BCUT2D eigenvalue weighted by Crippen LogP contribution is 2.32. The predicted octanol–water partition coefficient (Wildman–Crippen LogP) is 3.29. The van der Waals surface area contributed by atoms with E-state index in [1.165, 1.54) is 12.8 Å². The van der Waals surface area contributed by atoms with Crippen molar-refractivity contribution in [2.24, 2.45) is 10.1 Å². The number of benzene rings is 2. The smallest absolute Gasteiger partial charge is 0.276 e. The monoisotopic (exact) mass is 434 g/mol. The topological polar surface area (TPSA) is 66.3 Å². The summed E-state index contributed by atoms with van der Waals surface area (Å²) in [5.74, 6) is 1.64. The van der Waals surface area contributed by atoms with Gasteiger partial charge >= 0.3 is 0 Å². The lowest BCUT2D eigenvalue weighted by molar-refractivity contribution is -0.116. The zero-order valence-corrected chi connectivity index (χ0v) is 18.4. The Balaban J connectivity index is 1.51. The summed E-state index contributed by atoms with van der Waals surface area (Å²) in [7, 11) is 0. The number of fused-ring (bicyclic) bond motifs is 2. The van der Waals surface area contributed by atoms with Gasteiger partial charge in [0.1, 0.15) is 11.4 Å². The summed E-state index contributed by atoms with van der Waals surface area (Å²) in [6.45, 7) is 2.11. The van der Waals surface area contributed by atoms with E-state index in [1.54, 1.807) is 16.8 Å². The van der Waals surface area contributed by atoms with Gasteiger partial charge in [0.2, 0.25) is 0 Å². The van der Waals surface area contributed by atoms with Gasteiger partial charge in [0.05, 0.1) is 11.5 Å². The molecule has 0 aromatic heterocycles. The van der Waals surface area contributed by atoms with Crippen LogP contribution in [0.15, 0.2) is 58.6 Å². The average molecular weight is 435 g/mol. The Morgan fingerprint density at radius 3 is 2.68 bits per heavy atom. The molecule has 7 heteroatoms. The number of hydrazone groups is 1. The first kappa shape index (κ1) is 20.1. The van der Waals surface area contributed by atoms with E-state index in [9.17, 15) is 4.79 Å². The molecule has 2 aliphatic heterocycles. The zero-order chi connectivity index (χ0) is 21.2. The molecular weight excluding hydrogens is 408 g/mol. The van der Waals surface area contributed by atoms with Crippen molar-refractivity contribution in [2.45, 2.75) is 51.3 Å². The summed E-state index contributed by atoms with van der Waals surface area (Å²) in [5.41, 5.74) is 1.52. The van der Waals surface area contributed by atoms with Crippen LogP contribution in [0.3, 0.4) is 0 Å². The molecular formula is C24H26N4O2S. The molecule has 1 fully saturated rings. The molecule has 0 bridgehead atoms. The van der Waals surface area contributed by atoms with Crippen molar-refractivity contribution in [3.8, 4) is 5.75 Å². The quantitative estimate of drug-likeness (QED) is 0.784. The van der Waals surface area contributed by atoms with Gasteiger partial charge in [-0.15, -0.1) is 5.10 Å². The second-order valence-electron chi connectivity index (χ2n) is 8.01. The van der Waals surface area contributed by atoms with E-state index in [-0.39, 0.29) is 5.91 Å². The summed E-state index contributed by atoms with van der Waals surface area (Å²) in [6.07, 6.45) is 5.69. The van der Waals surface area contributed by atoms with Crippen molar-refractivity contribution in [1.29, 1.82) is 0 Å². The van der Waals surface area contributed by atoms with Crippen molar-refractivity contribution in [3.63, 3.8) is 0 Å². The Bertz CT molecular complexity index is 1120. The van der Waals surface area contributed by atoms with E-state index < -0.39 is 6.17 Å². The molecule has 2 aromatic carbocycles. The Hall–Kier alpha value is -2.80. The summed E-state index contributed by atoms with van der Waals surface area (Å²) in [5, 5.41) is 11.7. The molecule has 1 N–H and O–H groups in total. The number of nitrogens with zero attached hydrogens (tertiary/aromatic N) is 3. The first-order chi connectivity index (χ1) is 15.2. The molecule has 6 nitrogen and oxygen atoms in total. The van der Waals surface area contributed by atoms with Crippen LogP contribution in [0.1, 0.15) is 50.8 Å². The van der Waals surface area contributed by atoms with E-state index in [4.69, 9.17) is 14.8 Å². The Kier molecular flexibility index (Phi) is 5.68. The largest absolute Gasteiger partial charge is 0.490 e. The summed E-state index contributed by atoms with van der Waals surface area (Å²) in [4.78, 5) is 18.0. The third-order valence-electron chi connectivity index (χ3n) is 5.74. The Morgan fingerprint density at radius 2 is 1.90 bits per heavy atom. The summed E-state index contributed by atoms with van der Waals surface area (Å²) in [6, 6.07) is 15.8. The first-order valence-electron chi connectivity index (χ1n) is 11.0. The molecule has 2 heterocycles. The molecule has 2 aromatic rings. The van der Waals surface area contributed by atoms with Crippen LogP contribution in [-0.2, 0) is 4.79 Å². The molecule has 160 valence electrons. The van der Waals surface area contributed by atoms with Gasteiger partial charge in [-0.25, -0.2) is 5.01 Å². The molecule has 31 heavy (non-hydrogen) atoms. The van der Waals surface area contributed by atoms with Crippen LogP contribution >= 0.6 is 11.8 Å². The molecule has 0 spiro atoms. The zero-order valence-electron chi connectivity index (χ0n) is 17.6. The molecule has 1 aliphatic carbocycles. The van der Waals surface area contributed by atoms with Gasteiger partial charge in [0.15, 0.2) is 11.3 Å². The minimum Gasteiger partial charge on any atom is -0.490 e. The number of rotatable bonds is 5. The Morgan fingerprint density at radius 1 is 1.13 bits per heavy atom.